The summed E-state index contributed by atoms with van der Waals surface area (Å²) in [5, 5.41) is 12.3. The number of methoxy groups -OCH3 is 1. The maximum Gasteiger partial charge on any atom is 0.313 e. The Balaban J connectivity index is 1.87. The first kappa shape index (κ1) is 17.3. The number of benzene rings is 1. The molecule has 128 valence electrons. The van der Waals surface area contributed by atoms with E-state index in [0.717, 1.165) is 23.4 Å². The summed E-state index contributed by atoms with van der Waals surface area (Å²) in [6.45, 7) is 0.731. The number of rotatable bonds is 4. The summed E-state index contributed by atoms with van der Waals surface area (Å²) in [5.41, 5.74) is 2.07. The molecule has 0 bridgehead atoms. The molecule has 0 spiro atoms. The average molecular weight is 369 g/mol. The van der Waals surface area contributed by atoms with Gasteiger partial charge in [0.2, 0.25) is 0 Å². The summed E-state index contributed by atoms with van der Waals surface area (Å²) in [4.78, 5) is 12.0. The van der Waals surface area contributed by atoms with Gasteiger partial charge in [0.1, 0.15) is 17.7 Å². The molecule has 1 saturated heterocycles. The number of quaternary nitrogens is 1. The van der Waals surface area contributed by atoms with E-state index in [1.54, 1.807) is 13.2 Å². The molecule has 4 atom stereocenters. The summed E-state index contributed by atoms with van der Waals surface area (Å²) in [5.74, 6) is -0.544. The van der Waals surface area contributed by atoms with Crippen LogP contribution in [0.3, 0.4) is 0 Å². The van der Waals surface area contributed by atoms with Crippen LogP contribution in [-0.2, 0) is 4.79 Å². The van der Waals surface area contributed by atoms with Crippen LogP contribution in [0.2, 0.25) is 0 Å². The Labute approximate surface area is 151 Å². The molecule has 1 aliphatic heterocycles. The fourth-order valence-electron chi connectivity index (χ4n) is 3.65. The average Bonchev–Trinajstić information content (AvgIpc) is 3.02. The first-order chi connectivity index (χ1) is 11.5. The van der Waals surface area contributed by atoms with Crippen LogP contribution in [0, 0.1) is 11.8 Å². The third-order valence-corrected chi connectivity index (χ3v) is 5.79. The van der Waals surface area contributed by atoms with E-state index in [1.165, 1.54) is 0 Å². The van der Waals surface area contributed by atoms with Crippen molar-refractivity contribution < 1.29 is 20.0 Å². The summed E-state index contributed by atoms with van der Waals surface area (Å²) in [6.07, 6.45) is 4.33. The Morgan fingerprint density at radius 1 is 1.29 bits per heavy atom. The Hall–Kier alpha value is -1.49. The van der Waals surface area contributed by atoms with Crippen molar-refractivity contribution in [2.45, 2.75) is 17.8 Å². The summed E-state index contributed by atoms with van der Waals surface area (Å²) >= 11 is 12.3. The Kier molecular flexibility index (Phi) is 5.18. The van der Waals surface area contributed by atoms with Gasteiger partial charge >= 0.3 is 5.97 Å². The van der Waals surface area contributed by atoms with Gasteiger partial charge < -0.3 is 15.2 Å². The molecule has 3 N–H and O–H groups in total. The molecule has 2 aliphatic rings. The lowest BCUT2D eigenvalue weighted by Crippen LogP contribution is -2.83. The quantitative estimate of drug-likeness (QED) is 0.803. The number of carbonyl (C=O) groups is 1. The Morgan fingerprint density at radius 3 is 2.58 bits per heavy atom. The minimum Gasteiger partial charge on any atom is -0.497 e. The van der Waals surface area contributed by atoms with Crippen LogP contribution in [0.5, 0.6) is 5.75 Å². The van der Waals surface area contributed by atoms with E-state index in [9.17, 15) is 9.90 Å². The van der Waals surface area contributed by atoms with Crippen LogP contribution < -0.4 is 10.1 Å². The van der Waals surface area contributed by atoms with Crippen LogP contribution in [0.1, 0.15) is 18.0 Å². The van der Waals surface area contributed by atoms with E-state index in [2.05, 4.69) is 5.32 Å². The zero-order valence-corrected chi connectivity index (χ0v) is 14.8. The molecule has 1 aliphatic carbocycles. The lowest BCUT2D eigenvalue weighted by molar-refractivity contribution is -0.679. The number of hydrogen-bond acceptors (Lipinski definition) is 2. The van der Waals surface area contributed by atoms with Crippen LogP contribution in [0.15, 0.2) is 47.0 Å². The molecule has 4 nitrogen and oxygen atoms in total. The zero-order valence-electron chi connectivity index (χ0n) is 13.3. The van der Waals surface area contributed by atoms with Crippen LogP contribution in [0.25, 0.3) is 0 Å². The number of halogens is 2. The third-order valence-electron chi connectivity index (χ3n) is 4.90. The molecule has 1 fully saturated rings. The maximum absolute atomic E-state index is 12.0. The van der Waals surface area contributed by atoms with Crippen molar-refractivity contribution in [2.75, 3.05) is 13.7 Å². The number of ether oxygens (including phenoxy) is 1. The van der Waals surface area contributed by atoms with Gasteiger partial charge in [-0.25, -0.2) is 0 Å². The van der Waals surface area contributed by atoms with Gasteiger partial charge in [-0.1, -0.05) is 23.3 Å². The third kappa shape index (κ3) is 3.32. The van der Waals surface area contributed by atoms with Crippen molar-refractivity contribution in [3.05, 3.63) is 52.6 Å². The standard InChI is InChI=1S/C18H19Cl2NO3/c1-24-12-5-2-10(3-6-12)17-16(18(22)23)13(9-21-17)11-4-7-14(19)15(20)8-11/h2-7,13,15-17,21H,8-9H2,1H3,(H,22,23)/p+1/t13?,15?,16-,17?/m1/s1. The number of aliphatic carboxylic acids is 1. The van der Waals surface area contributed by atoms with Gasteiger partial charge in [0, 0.05) is 16.5 Å². The topological polar surface area (TPSA) is 63.1 Å². The smallest absolute Gasteiger partial charge is 0.313 e. The molecule has 3 unspecified atom stereocenters. The van der Waals surface area contributed by atoms with Gasteiger partial charge in [-0.2, -0.15) is 0 Å². The van der Waals surface area contributed by atoms with Gasteiger partial charge in [0.15, 0.2) is 0 Å². The van der Waals surface area contributed by atoms with E-state index >= 15 is 0 Å². The predicted molar refractivity (Wildman–Crippen MR) is 93.4 cm³/mol. The SMILES string of the molecule is COc1ccc(C2[NH2+]CC(C3=CC=C(Cl)C(Cl)C3)[C@H]2C(=O)O)cc1. The first-order valence-electron chi connectivity index (χ1n) is 7.91. The van der Waals surface area contributed by atoms with Crippen molar-refractivity contribution in [1.29, 1.82) is 0 Å². The number of carboxylic acids is 1. The maximum atomic E-state index is 12.0. The monoisotopic (exact) mass is 368 g/mol. The van der Waals surface area contributed by atoms with Crippen molar-refractivity contribution in [3.63, 3.8) is 0 Å². The molecule has 0 radical (unpaired) electrons. The molecular formula is C18H20Cl2NO3+. The Bertz CT molecular complexity index is 684. The lowest BCUT2D eigenvalue weighted by Gasteiger charge is -2.23. The van der Waals surface area contributed by atoms with Gasteiger partial charge in [0.25, 0.3) is 0 Å². The number of hydrogen-bond donors (Lipinski definition) is 2. The van der Waals surface area contributed by atoms with Crippen molar-refractivity contribution in [1.82, 2.24) is 0 Å². The van der Waals surface area contributed by atoms with E-state index in [4.69, 9.17) is 27.9 Å². The highest BCUT2D eigenvalue weighted by atomic mass is 35.5. The van der Waals surface area contributed by atoms with E-state index < -0.39 is 11.9 Å². The van der Waals surface area contributed by atoms with Gasteiger partial charge in [-0.3, -0.25) is 4.79 Å². The zero-order chi connectivity index (χ0) is 17.3. The predicted octanol–water partition coefficient (Wildman–Crippen LogP) is 2.69. The lowest BCUT2D eigenvalue weighted by atomic mass is 9.80. The molecule has 0 aromatic heterocycles. The number of carboxylic acid groups (broad SMARTS) is 1. The van der Waals surface area contributed by atoms with Crippen LogP contribution in [-0.4, -0.2) is 30.1 Å². The molecular weight excluding hydrogens is 349 g/mol. The van der Waals surface area contributed by atoms with Gasteiger partial charge in [-0.15, -0.1) is 11.6 Å². The first-order valence-corrected chi connectivity index (χ1v) is 8.73. The van der Waals surface area contributed by atoms with E-state index in [-0.39, 0.29) is 17.3 Å². The fourth-order valence-corrected chi connectivity index (χ4v) is 4.04. The highest BCUT2D eigenvalue weighted by molar-refractivity contribution is 6.37. The van der Waals surface area contributed by atoms with Gasteiger partial charge in [0.05, 0.1) is 19.0 Å². The molecule has 24 heavy (non-hydrogen) atoms. The van der Waals surface area contributed by atoms with Crippen LogP contribution in [0.4, 0.5) is 0 Å². The fraction of sp³-hybridized carbons (Fsp3) is 0.389. The second-order valence-electron chi connectivity index (χ2n) is 6.21. The van der Waals surface area contributed by atoms with Crippen molar-refractivity contribution >= 4 is 29.2 Å². The van der Waals surface area contributed by atoms with E-state index in [1.807, 2.05) is 30.3 Å². The highest BCUT2D eigenvalue weighted by Gasteiger charge is 2.47. The highest BCUT2D eigenvalue weighted by Crippen LogP contribution is 2.39. The van der Waals surface area contributed by atoms with E-state index in [0.29, 0.717) is 11.5 Å². The minimum atomic E-state index is -0.776. The summed E-state index contributed by atoms with van der Waals surface area (Å²) in [7, 11) is 1.61. The molecule has 1 aromatic rings. The van der Waals surface area contributed by atoms with Crippen molar-refractivity contribution in [2.24, 2.45) is 11.8 Å². The number of nitrogens with two attached hydrogens (primary N) is 1. The minimum absolute atomic E-state index is 0.0446. The molecule has 6 heteroatoms. The largest absolute Gasteiger partial charge is 0.497 e. The summed E-state index contributed by atoms with van der Waals surface area (Å²) < 4.78 is 5.17. The molecule has 3 rings (SSSR count). The molecule has 0 saturated carbocycles. The molecule has 1 aromatic carbocycles. The second-order valence-corrected chi connectivity index (χ2v) is 7.17. The second kappa shape index (κ2) is 7.18. The van der Waals surface area contributed by atoms with Gasteiger partial charge in [-0.05, 0) is 36.8 Å². The number of allylic oxidation sites excluding steroid dienone is 3. The molecule has 1 heterocycles. The normalized spacial score (nSPS) is 29.8. The number of alkyl halides is 1. The van der Waals surface area contributed by atoms with Crippen LogP contribution >= 0.6 is 23.2 Å². The summed E-state index contributed by atoms with van der Waals surface area (Å²) in [6, 6.07) is 7.50. The Morgan fingerprint density at radius 2 is 2.00 bits per heavy atom. The van der Waals surface area contributed by atoms with Crippen molar-refractivity contribution in [3.8, 4) is 5.75 Å². The molecule has 0 amide bonds.